The molecule has 172 valence electrons. The summed E-state index contributed by atoms with van der Waals surface area (Å²) in [4.78, 5) is 23.3. The number of ether oxygens (including phenoxy) is 3. The van der Waals surface area contributed by atoms with E-state index >= 15 is 0 Å². The van der Waals surface area contributed by atoms with Crippen LogP contribution in [0.4, 0.5) is 13.2 Å². The van der Waals surface area contributed by atoms with E-state index in [1.54, 1.807) is 19.9 Å². The number of rotatable bonds is 9. The van der Waals surface area contributed by atoms with Crippen molar-refractivity contribution in [3.63, 3.8) is 0 Å². The summed E-state index contributed by atoms with van der Waals surface area (Å²) in [7, 11) is -4.79. The molecule has 2 rings (SSSR count). The maximum absolute atomic E-state index is 12.9. The van der Waals surface area contributed by atoms with E-state index in [2.05, 4.69) is 4.18 Å². The number of hydrogen-bond acceptors (Lipinski definition) is 8. The van der Waals surface area contributed by atoms with E-state index in [0.29, 0.717) is 12.0 Å². The van der Waals surface area contributed by atoms with E-state index in [4.69, 9.17) is 14.2 Å². The Morgan fingerprint density at radius 1 is 1.29 bits per heavy atom. The van der Waals surface area contributed by atoms with E-state index in [0.717, 1.165) is 0 Å². The van der Waals surface area contributed by atoms with E-state index in [-0.39, 0.29) is 41.9 Å². The number of carbonyl (C=O) groups excluding carboxylic acids is 2. The van der Waals surface area contributed by atoms with Crippen LogP contribution in [0.2, 0.25) is 0 Å². The molecule has 0 aliphatic carbocycles. The summed E-state index contributed by atoms with van der Waals surface area (Å²) < 4.78 is 81.3. The van der Waals surface area contributed by atoms with E-state index in [1.807, 2.05) is 0 Å². The molecule has 1 aliphatic heterocycles. The maximum atomic E-state index is 12.9. The highest BCUT2D eigenvalue weighted by Crippen LogP contribution is 2.41. The molecule has 0 amide bonds. The van der Waals surface area contributed by atoms with Crippen LogP contribution in [0.5, 0.6) is 11.5 Å². The van der Waals surface area contributed by atoms with Crippen LogP contribution in [0.25, 0.3) is 0 Å². The Balaban J connectivity index is 2.45. The first-order valence-electron chi connectivity index (χ1n) is 9.13. The molecule has 8 nitrogen and oxygen atoms in total. The largest absolute Gasteiger partial charge is 0.534 e. The summed E-state index contributed by atoms with van der Waals surface area (Å²) in [6.45, 7) is 3.16. The van der Waals surface area contributed by atoms with Crippen LogP contribution >= 0.6 is 0 Å². The molecule has 0 aromatic heterocycles. The molecule has 1 heterocycles. The fourth-order valence-electron chi connectivity index (χ4n) is 2.81. The molecule has 1 aromatic rings. The van der Waals surface area contributed by atoms with Crippen LogP contribution in [0, 0.1) is 0 Å². The van der Waals surface area contributed by atoms with Gasteiger partial charge in [-0.2, -0.15) is 21.6 Å². The van der Waals surface area contributed by atoms with Crippen LogP contribution in [-0.4, -0.2) is 39.6 Å². The van der Waals surface area contributed by atoms with Gasteiger partial charge in [0.05, 0.1) is 19.3 Å². The monoisotopic (exact) mass is 466 g/mol. The van der Waals surface area contributed by atoms with Crippen molar-refractivity contribution in [2.45, 2.75) is 45.2 Å². The first-order chi connectivity index (χ1) is 14.4. The molecule has 0 unspecified atom stereocenters. The number of benzene rings is 1. The Morgan fingerprint density at radius 3 is 2.55 bits per heavy atom. The zero-order valence-corrected chi connectivity index (χ0v) is 17.8. The van der Waals surface area contributed by atoms with Gasteiger partial charge in [-0.05, 0) is 32.8 Å². The molecule has 12 heteroatoms. The van der Waals surface area contributed by atoms with Gasteiger partial charge in [0.1, 0.15) is 12.4 Å². The fraction of sp³-hybridized carbons (Fsp3) is 0.474. The minimum absolute atomic E-state index is 0.0112. The van der Waals surface area contributed by atoms with Gasteiger partial charge in [0.15, 0.2) is 5.75 Å². The summed E-state index contributed by atoms with van der Waals surface area (Å²) in [6.07, 6.45) is 1.94. The van der Waals surface area contributed by atoms with Crippen molar-refractivity contribution < 1.29 is 49.6 Å². The summed E-state index contributed by atoms with van der Waals surface area (Å²) in [6, 6.07) is 1.26. The van der Waals surface area contributed by atoms with Crippen LogP contribution in [0.15, 0.2) is 17.7 Å². The second-order valence-electron chi connectivity index (χ2n) is 6.53. The quantitative estimate of drug-likeness (QED) is 0.236. The van der Waals surface area contributed by atoms with Crippen molar-refractivity contribution in [3.05, 3.63) is 34.4 Å². The maximum Gasteiger partial charge on any atom is 0.534 e. The lowest BCUT2D eigenvalue weighted by atomic mass is 9.99. The molecule has 1 aliphatic rings. The average molecular weight is 466 g/mol. The van der Waals surface area contributed by atoms with Gasteiger partial charge in [-0.1, -0.05) is 11.6 Å². The molecule has 1 aromatic carbocycles. The normalized spacial score (nSPS) is 14.1. The van der Waals surface area contributed by atoms with Gasteiger partial charge in [0.25, 0.3) is 0 Å². The first-order valence-corrected chi connectivity index (χ1v) is 10.5. The van der Waals surface area contributed by atoms with Crippen LogP contribution in [-0.2, 0) is 37.4 Å². The third-order valence-electron chi connectivity index (χ3n) is 4.39. The lowest BCUT2D eigenvalue weighted by Gasteiger charge is -2.17. The lowest BCUT2D eigenvalue weighted by molar-refractivity contribution is -0.143. The summed E-state index contributed by atoms with van der Waals surface area (Å²) in [5.41, 5.74) is -5.24. The van der Waals surface area contributed by atoms with Gasteiger partial charge in [0, 0.05) is 17.5 Å². The highest BCUT2D eigenvalue weighted by atomic mass is 32.2. The van der Waals surface area contributed by atoms with Crippen LogP contribution < -0.4 is 8.92 Å². The molecule has 0 fully saturated rings. The molecule has 0 bridgehead atoms. The van der Waals surface area contributed by atoms with Gasteiger partial charge in [-0.25, -0.2) is 4.79 Å². The predicted octanol–water partition coefficient (Wildman–Crippen LogP) is 3.43. The molecular weight excluding hydrogens is 445 g/mol. The Labute approximate surface area is 177 Å². The molecule has 0 saturated heterocycles. The zero-order chi connectivity index (χ0) is 23.4. The Kier molecular flexibility index (Phi) is 7.58. The minimum atomic E-state index is -6.01. The number of allylic oxidation sites excluding steroid dienone is 2. The average Bonchev–Trinajstić information content (AvgIpc) is 3.05. The van der Waals surface area contributed by atoms with Gasteiger partial charge in [-0.3, -0.25) is 4.79 Å². The van der Waals surface area contributed by atoms with E-state index < -0.39 is 39.9 Å². The minimum Gasteiger partial charge on any atom is -0.496 e. The molecule has 0 saturated carbocycles. The lowest BCUT2D eigenvalue weighted by Crippen LogP contribution is -2.29. The number of hydrogen-bond donors (Lipinski definition) is 0. The van der Waals surface area contributed by atoms with E-state index in [9.17, 15) is 31.2 Å². The molecule has 0 N–H and O–H groups in total. The molecular formula is C19H21F3O8S. The zero-order valence-electron chi connectivity index (χ0n) is 17.0. The second kappa shape index (κ2) is 9.58. The third-order valence-corrected chi connectivity index (χ3v) is 5.35. The predicted molar refractivity (Wildman–Crippen MR) is 101 cm³/mol. The summed E-state index contributed by atoms with van der Waals surface area (Å²) >= 11 is 0. The van der Waals surface area contributed by atoms with Crippen molar-refractivity contribution in [1.29, 1.82) is 0 Å². The fourth-order valence-corrected chi connectivity index (χ4v) is 3.32. The number of alkyl halides is 3. The van der Waals surface area contributed by atoms with Crippen molar-refractivity contribution in [1.82, 2.24) is 0 Å². The topological polar surface area (TPSA) is 105 Å². The number of cyclic esters (lactones) is 1. The number of halogens is 3. The summed E-state index contributed by atoms with van der Waals surface area (Å²) in [5, 5.41) is 0. The molecule has 0 spiro atoms. The van der Waals surface area contributed by atoms with Gasteiger partial charge in [-0.15, -0.1) is 0 Å². The number of esters is 2. The Hall–Kier alpha value is -2.76. The molecule has 31 heavy (non-hydrogen) atoms. The highest BCUT2D eigenvalue weighted by Gasteiger charge is 2.49. The van der Waals surface area contributed by atoms with Crippen molar-refractivity contribution in [3.8, 4) is 11.5 Å². The smallest absolute Gasteiger partial charge is 0.496 e. The number of fused-ring (bicyclic) bond motifs is 1. The van der Waals surface area contributed by atoms with Gasteiger partial charge < -0.3 is 18.4 Å². The molecule has 0 atom stereocenters. The van der Waals surface area contributed by atoms with Gasteiger partial charge in [0.2, 0.25) is 0 Å². The van der Waals surface area contributed by atoms with Crippen LogP contribution in [0.1, 0.15) is 48.2 Å². The number of carbonyl (C=O) groups is 2. The van der Waals surface area contributed by atoms with Crippen molar-refractivity contribution in [2.75, 3.05) is 13.7 Å². The molecule has 0 radical (unpaired) electrons. The first kappa shape index (κ1) is 24.5. The summed E-state index contributed by atoms with van der Waals surface area (Å²) in [5.74, 6) is -1.94. The van der Waals surface area contributed by atoms with E-state index in [1.165, 1.54) is 13.2 Å². The van der Waals surface area contributed by atoms with Crippen molar-refractivity contribution in [2.24, 2.45) is 0 Å². The highest BCUT2D eigenvalue weighted by molar-refractivity contribution is 7.88. The van der Waals surface area contributed by atoms with Crippen LogP contribution in [0.3, 0.4) is 0 Å². The Bertz CT molecular complexity index is 996. The van der Waals surface area contributed by atoms with Crippen molar-refractivity contribution >= 4 is 22.1 Å². The Morgan fingerprint density at radius 2 is 1.97 bits per heavy atom. The number of methoxy groups -OCH3 is 1. The third kappa shape index (κ3) is 5.69. The SMILES string of the molecule is CCOC(=O)CC/C(C)=C/Cc1c(OC)cc2c(c1OS(=O)(=O)C(F)(F)F)COC2=O. The van der Waals surface area contributed by atoms with Gasteiger partial charge >= 0.3 is 27.6 Å². The standard InChI is InChI=1S/C19H21F3O8S/c1-4-28-16(23)8-6-11(2)5-7-12-15(27-3)9-13-14(10-29-18(13)24)17(12)30-31(25,26)19(20,21)22/h5,9H,4,6-8,10H2,1-3H3/b11-5+. The second-order valence-corrected chi connectivity index (χ2v) is 8.07.